The fraction of sp³-hybridized carbons (Fsp3) is 0.125. The maximum absolute atomic E-state index is 12.0. The highest BCUT2D eigenvalue weighted by Gasteiger charge is 2.21. The molecule has 1 atom stereocenters. The maximum atomic E-state index is 12.0. The van der Waals surface area contributed by atoms with E-state index in [0.29, 0.717) is 5.56 Å². The van der Waals surface area contributed by atoms with Crippen molar-refractivity contribution >= 4 is 11.9 Å². The monoisotopic (exact) mass is 285 g/mol. The number of carboxylic acids is 1. The Kier molecular flexibility index (Phi) is 4.56. The van der Waals surface area contributed by atoms with Gasteiger partial charge in [-0.2, -0.15) is 0 Å². The Morgan fingerprint density at radius 2 is 1.62 bits per heavy atom. The van der Waals surface area contributed by atoms with E-state index in [4.69, 9.17) is 0 Å². The van der Waals surface area contributed by atoms with Gasteiger partial charge in [-0.1, -0.05) is 42.5 Å². The molecule has 0 heterocycles. The second-order valence-electron chi connectivity index (χ2n) is 4.53. The van der Waals surface area contributed by atoms with Crippen molar-refractivity contribution in [1.82, 2.24) is 5.32 Å². The van der Waals surface area contributed by atoms with Crippen LogP contribution < -0.4 is 5.32 Å². The highest BCUT2D eigenvalue weighted by atomic mass is 16.4. The summed E-state index contributed by atoms with van der Waals surface area (Å²) in [6, 6.07) is 14.8. The standard InChI is InChI=1S/C16H15NO4/c18-14-9-5-4-8-12(14)15(19)17-10-13(16(20)21)11-6-2-1-3-7-11/h1-9,13,18H,10H2,(H,17,19)(H,20,21). The Labute approximate surface area is 121 Å². The lowest BCUT2D eigenvalue weighted by Gasteiger charge is -2.14. The highest BCUT2D eigenvalue weighted by molar-refractivity contribution is 5.97. The number of hydrogen-bond donors (Lipinski definition) is 3. The number of para-hydroxylation sites is 1. The molecule has 108 valence electrons. The Morgan fingerprint density at radius 1 is 1.00 bits per heavy atom. The number of nitrogens with one attached hydrogen (secondary N) is 1. The molecule has 21 heavy (non-hydrogen) atoms. The Balaban J connectivity index is 2.08. The van der Waals surface area contributed by atoms with Crippen LogP contribution in [0.1, 0.15) is 21.8 Å². The van der Waals surface area contributed by atoms with Gasteiger partial charge in [-0.15, -0.1) is 0 Å². The number of carbonyl (C=O) groups is 2. The lowest BCUT2D eigenvalue weighted by atomic mass is 9.99. The number of phenols is 1. The van der Waals surface area contributed by atoms with E-state index in [0.717, 1.165) is 0 Å². The van der Waals surface area contributed by atoms with E-state index in [2.05, 4.69) is 5.32 Å². The zero-order chi connectivity index (χ0) is 15.2. The van der Waals surface area contributed by atoms with Gasteiger partial charge in [0.25, 0.3) is 5.91 Å². The summed E-state index contributed by atoms with van der Waals surface area (Å²) in [6.07, 6.45) is 0. The number of carbonyl (C=O) groups excluding carboxylic acids is 1. The number of aromatic hydroxyl groups is 1. The Hall–Kier alpha value is -2.82. The third-order valence-corrected chi connectivity index (χ3v) is 3.12. The molecule has 1 unspecified atom stereocenters. The molecule has 0 aliphatic carbocycles. The summed E-state index contributed by atoms with van der Waals surface area (Å²) in [5.41, 5.74) is 0.734. The number of aliphatic carboxylic acids is 1. The first-order valence-electron chi connectivity index (χ1n) is 6.43. The van der Waals surface area contributed by atoms with Gasteiger partial charge in [0.05, 0.1) is 11.5 Å². The molecule has 2 aromatic carbocycles. The zero-order valence-corrected chi connectivity index (χ0v) is 11.2. The molecule has 0 spiro atoms. The van der Waals surface area contributed by atoms with Crippen molar-refractivity contribution in [2.45, 2.75) is 5.92 Å². The van der Waals surface area contributed by atoms with Crippen molar-refractivity contribution in [1.29, 1.82) is 0 Å². The van der Waals surface area contributed by atoms with E-state index < -0.39 is 17.8 Å². The molecular weight excluding hydrogens is 270 g/mol. The van der Waals surface area contributed by atoms with Crippen LogP contribution in [0.3, 0.4) is 0 Å². The predicted molar refractivity (Wildman–Crippen MR) is 77.3 cm³/mol. The summed E-state index contributed by atoms with van der Waals surface area (Å²) in [5.74, 6) is -2.49. The summed E-state index contributed by atoms with van der Waals surface area (Å²) in [4.78, 5) is 23.3. The first-order valence-corrected chi connectivity index (χ1v) is 6.43. The smallest absolute Gasteiger partial charge is 0.312 e. The van der Waals surface area contributed by atoms with Crippen molar-refractivity contribution < 1.29 is 19.8 Å². The van der Waals surface area contributed by atoms with Gasteiger partial charge in [-0.05, 0) is 17.7 Å². The highest BCUT2D eigenvalue weighted by Crippen LogP contribution is 2.17. The third kappa shape index (κ3) is 3.60. The molecule has 5 heteroatoms. The van der Waals surface area contributed by atoms with Gasteiger partial charge < -0.3 is 15.5 Å². The van der Waals surface area contributed by atoms with Crippen molar-refractivity contribution in [2.75, 3.05) is 6.54 Å². The molecule has 5 nitrogen and oxygen atoms in total. The molecule has 0 fully saturated rings. The fourth-order valence-electron chi connectivity index (χ4n) is 1.99. The fourth-order valence-corrected chi connectivity index (χ4v) is 1.99. The van der Waals surface area contributed by atoms with Gasteiger partial charge in [-0.3, -0.25) is 9.59 Å². The average molecular weight is 285 g/mol. The number of benzene rings is 2. The minimum atomic E-state index is -1.02. The molecule has 2 rings (SSSR count). The number of amides is 1. The van der Waals surface area contributed by atoms with E-state index in [9.17, 15) is 19.8 Å². The average Bonchev–Trinajstić information content (AvgIpc) is 2.48. The minimum absolute atomic E-state index is 0.0491. The van der Waals surface area contributed by atoms with E-state index in [1.165, 1.54) is 12.1 Å². The van der Waals surface area contributed by atoms with E-state index >= 15 is 0 Å². The van der Waals surface area contributed by atoms with Gasteiger partial charge in [-0.25, -0.2) is 0 Å². The second kappa shape index (κ2) is 6.56. The predicted octanol–water partition coefficient (Wildman–Crippen LogP) is 1.99. The van der Waals surface area contributed by atoms with Crippen LogP contribution >= 0.6 is 0 Å². The first-order chi connectivity index (χ1) is 10.1. The van der Waals surface area contributed by atoms with Gasteiger partial charge in [0, 0.05) is 6.54 Å². The van der Waals surface area contributed by atoms with Gasteiger partial charge >= 0.3 is 5.97 Å². The SMILES string of the molecule is O=C(NCC(C(=O)O)c1ccccc1)c1ccccc1O. The summed E-state index contributed by atoms with van der Waals surface area (Å²) in [7, 11) is 0. The van der Waals surface area contributed by atoms with Crippen LogP contribution in [0.25, 0.3) is 0 Å². The van der Waals surface area contributed by atoms with Crippen LogP contribution in [0.2, 0.25) is 0 Å². The molecule has 2 aromatic rings. The maximum Gasteiger partial charge on any atom is 0.312 e. The first kappa shape index (κ1) is 14.6. The van der Waals surface area contributed by atoms with Crippen LogP contribution in [-0.4, -0.2) is 28.6 Å². The van der Waals surface area contributed by atoms with E-state index in [-0.39, 0.29) is 17.9 Å². The van der Waals surface area contributed by atoms with Crippen molar-refractivity contribution in [2.24, 2.45) is 0 Å². The van der Waals surface area contributed by atoms with E-state index in [1.54, 1.807) is 42.5 Å². The second-order valence-corrected chi connectivity index (χ2v) is 4.53. The number of carboxylic acid groups (broad SMARTS) is 1. The van der Waals surface area contributed by atoms with Crippen LogP contribution in [-0.2, 0) is 4.79 Å². The quantitative estimate of drug-likeness (QED) is 0.784. The van der Waals surface area contributed by atoms with Crippen LogP contribution in [0, 0.1) is 0 Å². The molecule has 0 aromatic heterocycles. The third-order valence-electron chi connectivity index (χ3n) is 3.12. The molecule has 0 bridgehead atoms. The zero-order valence-electron chi connectivity index (χ0n) is 11.2. The Morgan fingerprint density at radius 3 is 2.24 bits per heavy atom. The van der Waals surface area contributed by atoms with Crippen LogP contribution in [0.4, 0.5) is 0 Å². The van der Waals surface area contributed by atoms with Crippen molar-refractivity contribution in [3.63, 3.8) is 0 Å². The van der Waals surface area contributed by atoms with Gasteiger partial charge in [0.2, 0.25) is 0 Å². The molecule has 0 radical (unpaired) electrons. The summed E-state index contributed by atoms with van der Waals surface area (Å²) in [6.45, 7) is -0.0491. The van der Waals surface area contributed by atoms with Gasteiger partial charge in [0.1, 0.15) is 5.75 Å². The van der Waals surface area contributed by atoms with Crippen molar-refractivity contribution in [3.8, 4) is 5.75 Å². The number of rotatable bonds is 5. The summed E-state index contributed by atoms with van der Waals surface area (Å²) >= 11 is 0. The van der Waals surface area contributed by atoms with Gasteiger partial charge in [0.15, 0.2) is 0 Å². The molecule has 0 saturated heterocycles. The summed E-state index contributed by atoms with van der Waals surface area (Å²) < 4.78 is 0. The number of phenolic OH excluding ortho intramolecular Hbond substituents is 1. The lowest BCUT2D eigenvalue weighted by Crippen LogP contribution is -2.31. The Bertz CT molecular complexity index is 640. The molecule has 1 amide bonds. The topological polar surface area (TPSA) is 86.6 Å². The number of hydrogen-bond acceptors (Lipinski definition) is 3. The normalized spacial score (nSPS) is 11.6. The molecule has 0 aliphatic heterocycles. The molecule has 0 saturated carbocycles. The molecule has 0 aliphatic rings. The lowest BCUT2D eigenvalue weighted by molar-refractivity contribution is -0.138. The van der Waals surface area contributed by atoms with Crippen LogP contribution in [0.5, 0.6) is 5.75 Å². The molecule has 3 N–H and O–H groups in total. The molecular formula is C16H15NO4. The van der Waals surface area contributed by atoms with E-state index in [1.807, 2.05) is 0 Å². The van der Waals surface area contributed by atoms with Crippen molar-refractivity contribution in [3.05, 3.63) is 65.7 Å². The minimum Gasteiger partial charge on any atom is -0.507 e. The largest absolute Gasteiger partial charge is 0.507 e. The summed E-state index contributed by atoms with van der Waals surface area (Å²) in [5, 5.41) is 21.4. The van der Waals surface area contributed by atoms with Crippen LogP contribution in [0.15, 0.2) is 54.6 Å².